The van der Waals surface area contributed by atoms with Gasteiger partial charge in [-0.25, -0.2) is 0 Å². The van der Waals surface area contributed by atoms with Gasteiger partial charge in [0.05, 0.1) is 12.7 Å². The van der Waals surface area contributed by atoms with E-state index in [1.54, 1.807) is 0 Å². The summed E-state index contributed by atoms with van der Waals surface area (Å²) in [6.45, 7) is 7.52. The third kappa shape index (κ3) is 4.51. The second kappa shape index (κ2) is 6.29. The number of hydrogen-bond acceptors (Lipinski definition) is 3. The third-order valence-electron chi connectivity index (χ3n) is 3.34. The molecule has 0 spiro atoms. The number of fused-ring (bicyclic) bond motifs is 1. The standard InChI is InChI=1S/C16H25NOS/c1-16(2,3)19-11-13(17)10-15-14-7-5-4-6-12(14)8-9-18-15/h4-7,13,15H,8-11,17H2,1-3H3. The topological polar surface area (TPSA) is 35.2 Å². The molecule has 2 rings (SSSR count). The molecule has 106 valence electrons. The van der Waals surface area contributed by atoms with Crippen molar-refractivity contribution in [3.8, 4) is 0 Å². The van der Waals surface area contributed by atoms with Gasteiger partial charge in [-0.05, 0) is 24.0 Å². The normalized spacial score (nSPS) is 20.9. The summed E-state index contributed by atoms with van der Waals surface area (Å²) in [4.78, 5) is 0. The molecule has 2 nitrogen and oxygen atoms in total. The van der Waals surface area contributed by atoms with Crippen molar-refractivity contribution in [1.82, 2.24) is 0 Å². The molecular weight excluding hydrogens is 254 g/mol. The molecule has 0 aromatic heterocycles. The first-order valence-corrected chi connectivity index (χ1v) is 8.03. The Morgan fingerprint density at radius 3 is 2.84 bits per heavy atom. The van der Waals surface area contributed by atoms with Gasteiger partial charge in [0.2, 0.25) is 0 Å². The highest BCUT2D eigenvalue weighted by atomic mass is 32.2. The number of nitrogens with two attached hydrogens (primary N) is 1. The average molecular weight is 279 g/mol. The number of rotatable bonds is 4. The minimum absolute atomic E-state index is 0.181. The van der Waals surface area contributed by atoms with Crippen LogP contribution in [0.5, 0.6) is 0 Å². The fourth-order valence-electron chi connectivity index (χ4n) is 2.37. The molecule has 1 aliphatic rings. The van der Waals surface area contributed by atoms with E-state index >= 15 is 0 Å². The predicted octanol–water partition coefficient (Wildman–Crippen LogP) is 3.55. The maximum atomic E-state index is 6.27. The second-order valence-corrected chi connectivity index (χ2v) is 8.07. The van der Waals surface area contributed by atoms with Crippen molar-refractivity contribution in [1.29, 1.82) is 0 Å². The zero-order valence-corrected chi connectivity index (χ0v) is 13.0. The predicted molar refractivity (Wildman–Crippen MR) is 83.6 cm³/mol. The molecular formula is C16H25NOS. The summed E-state index contributed by atoms with van der Waals surface area (Å²) in [5.41, 5.74) is 9.03. The van der Waals surface area contributed by atoms with Gasteiger partial charge in [0.25, 0.3) is 0 Å². The molecule has 0 radical (unpaired) electrons. The molecule has 0 saturated heterocycles. The van der Waals surface area contributed by atoms with Gasteiger partial charge < -0.3 is 10.5 Å². The van der Waals surface area contributed by atoms with E-state index in [1.165, 1.54) is 11.1 Å². The summed E-state index contributed by atoms with van der Waals surface area (Å²) in [7, 11) is 0. The summed E-state index contributed by atoms with van der Waals surface area (Å²) in [5, 5.41) is 0. The first kappa shape index (κ1) is 14.9. The van der Waals surface area contributed by atoms with E-state index in [0.717, 1.165) is 25.2 Å². The minimum Gasteiger partial charge on any atom is -0.373 e. The van der Waals surface area contributed by atoms with E-state index in [0.29, 0.717) is 0 Å². The Labute approximate surface area is 121 Å². The van der Waals surface area contributed by atoms with Gasteiger partial charge in [-0.3, -0.25) is 0 Å². The Kier molecular flexibility index (Phi) is 4.93. The molecule has 3 heteroatoms. The Bertz CT molecular complexity index is 413. The summed E-state index contributed by atoms with van der Waals surface area (Å²) >= 11 is 1.93. The summed E-state index contributed by atoms with van der Waals surface area (Å²) in [5.74, 6) is 0.992. The van der Waals surface area contributed by atoms with Crippen LogP contribution >= 0.6 is 11.8 Å². The fourth-order valence-corrected chi connectivity index (χ4v) is 3.22. The fraction of sp³-hybridized carbons (Fsp3) is 0.625. The SMILES string of the molecule is CC(C)(C)SCC(N)CC1OCCc2ccccc21. The largest absolute Gasteiger partial charge is 0.373 e. The highest BCUT2D eigenvalue weighted by molar-refractivity contribution is 8.00. The Balaban J connectivity index is 1.93. The molecule has 1 aromatic carbocycles. The minimum atomic E-state index is 0.181. The molecule has 2 atom stereocenters. The van der Waals surface area contributed by atoms with E-state index in [1.807, 2.05) is 11.8 Å². The van der Waals surface area contributed by atoms with Crippen LogP contribution in [0.3, 0.4) is 0 Å². The Morgan fingerprint density at radius 1 is 1.37 bits per heavy atom. The third-order valence-corrected chi connectivity index (χ3v) is 4.80. The maximum absolute atomic E-state index is 6.27. The number of hydrogen-bond donors (Lipinski definition) is 1. The van der Waals surface area contributed by atoms with Crippen LogP contribution in [0.2, 0.25) is 0 Å². The van der Waals surface area contributed by atoms with E-state index in [4.69, 9.17) is 10.5 Å². The lowest BCUT2D eigenvalue weighted by molar-refractivity contribution is 0.0334. The van der Waals surface area contributed by atoms with Crippen molar-refractivity contribution in [2.75, 3.05) is 12.4 Å². The number of benzene rings is 1. The van der Waals surface area contributed by atoms with Crippen LogP contribution < -0.4 is 5.73 Å². The number of thioether (sulfide) groups is 1. The molecule has 1 heterocycles. The van der Waals surface area contributed by atoms with Crippen LogP contribution in [0.1, 0.15) is 44.4 Å². The van der Waals surface area contributed by atoms with E-state index < -0.39 is 0 Å². The quantitative estimate of drug-likeness (QED) is 0.915. The van der Waals surface area contributed by atoms with Crippen molar-refractivity contribution in [3.63, 3.8) is 0 Å². The summed E-state index contributed by atoms with van der Waals surface area (Å²) in [6, 6.07) is 8.79. The first-order valence-electron chi connectivity index (χ1n) is 7.04. The van der Waals surface area contributed by atoms with E-state index in [2.05, 4.69) is 45.0 Å². The highest BCUT2D eigenvalue weighted by Crippen LogP contribution is 2.31. The average Bonchev–Trinajstić information content (AvgIpc) is 2.36. The Morgan fingerprint density at radius 2 is 2.11 bits per heavy atom. The first-order chi connectivity index (χ1) is 8.96. The molecule has 0 amide bonds. The van der Waals surface area contributed by atoms with Gasteiger partial charge in [0, 0.05) is 16.5 Å². The number of ether oxygens (including phenoxy) is 1. The van der Waals surface area contributed by atoms with Gasteiger partial charge in [-0.15, -0.1) is 0 Å². The van der Waals surface area contributed by atoms with Crippen molar-refractivity contribution in [2.45, 2.75) is 50.5 Å². The van der Waals surface area contributed by atoms with Crippen LogP contribution in [-0.2, 0) is 11.2 Å². The molecule has 2 unspecified atom stereocenters. The van der Waals surface area contributed by atoms with Crippen LogP contribution in [0.25, 0.3) is 0 Å². The lowest BCUT2D eigenvalue weighted by Gasteiger charge is -2.29. The molecule has 0 fully saturated rings. The van der Waals surface area contributed by atoms with Crippen LogP contribution in [0.15, 0.2) is 24.3 Å². The molecule has 19 heavy (non-hydrogen) atoms. The zero-order chi connectivity index (χ0) is 13.9. The Hall–Kier alpha value is -0.510. The molecule has 0 aliphatic carbocycles. The van der Waals surface area contributed by atoms with Gasteiger partial charge in [0.15, 0.2) is 0 Å². The van der Waals surface area contributed by atoms with Crippen molar-refractivity contribution >= 4 is 11.8 Å². The lowest BCUT2D eigenvalue weighted by Crippen LogP contribution is -2.30. The molecule has 1 aliphatic heterocycles. The summed E-state index contributed by atoms with van der Waals surface area (Å²) in [6.07, 6.45) is 2.12. The van der Waals surface area contributed by atoms with Crippen molar-refractivity contribution in [3.05, 3.63) is 35.4 Å². The summed E-state index contributed by atoms with van der Waals surface area (Å²) < 4.78 is 6.20. The van der Waals surface area contributed by atoms with E-state index in [-0.39, 0.29) is 16.9 Å². The van der Waals surface area contributed by atoms with Crippen LogP contribution in [-0.4, -0.2) is 23.1 Å². The molecule has 1 aromatic rings. The molecule has 0 saturated carbocycles. The lowest BCUT2D eigenvalue weighted by atomic mass is 9.94. The zero-order valence-electron chi connectivity index (χ0n) is 12.2. The van der Waals surface area contributed by atoms with Crippen molar-refractivity contribution in [2.24, 2.45) is 5.73 Å². The van der Waals surface area contributed by atoms with Gasteiger partial charge in [-0.1, -0.05) is 45.0 Å². The van der Waals surface area contributed by atoms with Crippen LogP contribution in [0, 0.1) is 0 Å². The van der Waals surface area contributed by atoms with Gasteiger partial charge >= 0.3 is 0 Å². The smallest absolute Gasteiger partial charge is 0.0842 e. The highest BCUT2D eigenvalue weighted by Gasteiger charge is 2.23. The molecule has 0 bridgehead atoms. The second-order valence-electron chi connectivity index (χ2n) is 6.23. The maximum Gasteiger partial charge on any atom is 0.0842 e. The molecule has 2 N–H and O–H groups in total. The van der Waals surface area contributed by atoms with Gasteiger partial charge in [-0.2, -0.15) is 11.8 Å². The van der Waals surface area contributed by atoms with Gasteiger partial charge in [0.1, 0.15) is 0 Å². The van der Waals surface area contributed by atoms with Crippen LogP contribution in [0.4, 0.5) is 0 Å². The van der Waals surface area contributed by atoms with E-state index in [9.17, 15) is 0 Å². The van der Waals surface area contributed by atoms with Crippen molar-refractivity contribution < 1.29 is 4.74 Å². The monoisotopic (exact) mass is 279 g/mol.